The lowest BCUT2D eigenvalue weighted by Gasteiger charge is -2.30. The number of benzene rings is 1. The maximum atomic E-state index is 6.21. The molecule has 1 unspecified atom stereocenters. The van der Waals surface area contributed by atoms with E-state index < -0.39 is 5.60 Å². The van der Waals surface area contributed by atoms with E-state index in [2.05, 4.69) is 28.9 Å². The SMILES string of the molecule is Br.CN(C)CCOC(C)(c1ccccc1)c1ccccn1. The highest BCUT2D eigenvalue weighted by molar-refractivity contribution is 8.93. The van der Waals surface area contributed by atoms with Gasteiger partial charge in [0.15, 0.2) is 0 Å². The number of pyridine rings is 1. The first-order chi connectivity index (χ1) is 9.63. The van der Waals surface area contributed by atoms with Gasteiger partial charge in [0.25, 0.3) is 0 Å². The van der Waals surface area contributed by atoms with E-state index in [1.54, 1.807) is 0 Å². The van der Waals surface area contributed by atoms with E-state index in [0.29, 0.717) is 6.61 Å². The Morgan fingerprint density at radius 1 is 1.05 bits per heavy atom. The highest BCUT2D eigenvalue weighted by Gasteiger charge is 2.31. The summed E-state index contributed by atoms with van der Waals surface area (Å²) >= 11 is 0. The molecule has 0 aliphatic heterocycles. The highest BCUT2D eigenvalue weighted by atomic mass is 79.9. The van der Waals surface area contributed by atoms with Crippen LogP contribution in [0.15, 0.2) is 54.7 Å². The molecule has 0 aliphatic carbocycles. The molecule has 2 rings (SSSR count). The lowest BCUT2D eigenvalue weighted by Crippen LogP contribution is -2.32. The largest absolute Gasteiger partial charge is 0.363 e. The molecule has 3 nitrogen and oxygen atoms in total. The predicted octanol–water partition coefficient (Wildman–Crippen LogP) is 3.50. The number of likely N-dealkylation sites (N-methyl/N-ethyl adjacent to an activating group) is 1. The van der Waals surface area contributed by atoms with Crippen molar-refractivity contribution in [2.75, 3.05) is 27.2 Å². The molecule has 1 aromatic carbocycles. The average Bonchev–Trinajstić information content (AvgIpc) is 2.48. The molecule has 0 spiro atoms. The summed E-state index contributed by atoms with van der Waals surface area (Å²) in [5.41, 5.74) is 1.54. The lowest BCUT2D eigenvalue weighted by molar-refractivity contribution is -0.0131. The summed E-state index contributed by atoms with van der Waals surface area (Å²) < 4.78 is 6.21. The van der Waals surface area contributed by atoms with E-state index in [1.807, 2.05) is 56.7 Å². The number of hydrogen-bond acceptors (Lipinski definition) is 3. The molecule has 0 saturated carbocycles. The van der Waals surface area contributed by atoms with Gasteiger partial charge in [0.2, 0.25) is 0 Å². The van der Waals surface area contributed by atoms with Crippen molar-refractivity contribution in [3.05, 3.63) is 66.0 Å². The van der Waals surface area contributed by atoms with Crippen molar-refractivity contribution in [1.82, 2.24) is 9.88 Å². The second kappa shape index (κ2) is 8.27. The average molecular weight is 351 g/mol. The first kappa shape index (κ1) is 17.8. The summed E-state index contributed by atoms with van der Waals surface area (Å²) in [5.74, 6) is 0. The van der Waals surface area contributed by atoms with Gasteiger partial charge in [0.05, 0.1) is 12.3 Å². The van der Waals surface area contributed by atoms with Crippen molar-refractivity contribution in [1.29, 1.82) is 0 Å². The Morgan fingerprint density at radius 2 is 1.71 bits per heavy atom. The van der Waals surface area contributed by atoms with Gasteiger partial charge in [-0.1, -0.05) is 36.4 Å². The van der Waals surface area contributed by atoms with Crippen LogP contribution >= 0.6 is 17.0 Å². The van der Waals surface area contributed by atoms with Crippen LogP contribution in [0.3, 0.4) is 0 Å². The molecule has 0 bridgehead atoms. The third kappa shape index (κ3) is 4.63. The number of hydrogen-bond donors (Lipinski definition) is 0. The second-order valence-electron chi connectivity index (χ2n) is 5.27. The van der Waals surface area contributed by atoms with Crippen LogP contribution in [0.4, 0.5) is 0 Å². The molecule has 4 heteroatoms. The monoisotopic (exact) mass is 350 g/mol. The Kier molecular flexibility index (Phi) is 7.02. The normalized spacial score (nSPS) is 13.5. The molecular formula is C17H23BrN2O. The summed E-state index contributed by atoms with van der Waals surface area (Å²) in [4.78, 5) is 6.60. The Morgan fingerprint density at radius 3 is 2.29 bits per heavy atom. The molecule has 0 N–H and O–H groups in total. The minimum Gasteiger partial charge on any atom is -0.363 e. The number of rotatable bonds is 6. The van der Waals surface area contributed by atoms with E-state index in [1.165, 1.54) is 0 Å². The Bertz CT molecular complexity index is 477. The molecule has 114 valence electrons. The quantitative estimate of drug-likeness (QED) is 0.797. The fourth-order valence-corrected chi connectivity index (χ4v) is 2.14. The van der Waals surface area contributed by atoms with E-state index in [-0.39, 0.29) is 17.0 Å². The van der Waals surface area contributed by atoms with Crippen molar-refractivity contribution in [3.63, 3.8) is 0 Å². The minimum atomic E-state index is -0.515. The molecule has 2 aromatic rings. The van der Waals surface area contributed by atoms with Crippen LogP contribution in [0.2, 0.25) is 0 Å². The Hall–Kier alpha value is -1.23. The van der Waals surface area contributed by atoms with Gasteiger partial charge >= 0.3 is 0 Å². The van der Waals surface area contributed by atoms with Crippen LogP contribution in [0.5, 0.6) is 0 Å². The van der Waals surface area contributed by atoms with Gasteiger partial charge in [-0.3, -0.25) is 4.98 Å². The summed E-state index contributed by atoms with van der Waals surface area (Å²) in [6.45, 7) is 3.63. The van der Waals surface area contributed by atoms with Crippen LogP contribution in [-0.4, -0.2) is 37.1 Å². The molecule has 0 fully saturated rings. The van der Waals surface area contributed by atoms with Crippen LogP contribution in [0.25, 0.3) is 0 Å². The summed E-state index contributed by atoms with van der Waals surface area (Å²) in [5, 5.41) is 0. The smallest absolute Gasteiger partial charge is 0.132 e. The van der Waals surface area contributed by atoms with Crippen LogP contribution in [0, 0.1) is 0 Å². The third-order valence-corrected chi connectivity index (χ3v) is 3.41. The van der Waals surface area contributed by atoms with Crippen molar-refractivity contribution >= 4 is 17.0 Å². The first-order valence-electron chi connectivity index (χ1n) is 6.88. The molecule has 1 atom stereocenters. The molecule has 0 amide bonds. The van der Waals surface area contributed by atoms with Crippen molar-refractivity contribution < 1.29 is 4.74 Å². The number of halogens is 1. The zero-order valence-electron chi connectivity index (χ0n) is 12.8. The standard InChI is InChI=1S/C17H22N2O.BrH/c1-17(20-14-13-19(2)3,15-9-5-4-6-10-15)16-11-7-8-12-18-16;/h4-12H,13-14H2,1-3H3;1H. The van der Waals surface area contributed by atoms with Crippen LogP contribution < -0.4 is 0 Å². The number of nitrogens with zero attached hydrogens (tertiary/aromatic N) is 2. The molecule has 1 heterocycles. The third-order valence-electron chi connectivity index (χ3n) is 3.41. The zero-order valence-corrected chi connectivity index (χ0v) is 14.5. The summed E-state index contributed by atoms with van der Waals surface area (Å²) in [6.07, 6.45) is 1.81. The van der Waals surface area contributed by atoms with Crippen molar-refractivity contribution in [2.24, 2.45) is 0 Å². The maximum Gasteiger partial charge on any atom is 0.132 e. The van der Waals surface area contributed by atoms with E-state index >= 15 is 0 Å². The molecule has 0 saturated heterocycles. The van der Waals surface area contributed by atoms with Gasteiger partial charge in [0, 0.05) is 12.7 Å². The van der Waals surface area contributed by atoms with Gasteiger partial charge < -0.3 is 9.64 Å². The lowest BCUT2D eigenvalue weighted by atomic mass is 9.91. The van der Waals surface area contributed by atoms with E-state index in [4.69, 9.17) is 4.74 Å². The van der Waals surface area contributed by atoms with Crippen LogP contribution in [0.1, 0.15) is 18.2 Å². The molecule has 0 aliphatic rings. The van der Waals surface area contributed by atoms with Gasteiger partial charge in [-0.15, -0.1) is 17.0 Å². The summed E-state index contributed by atoms with van der Waals surface area (Å²) in [7, 11) is 4.09. The first-order valence-corrected chi connectivity index (χ1v) is 6.88. The molecule has 1 aromatic heterocycles. The van der Waals surface area contributed by atoms with Gasteiger partial charge in [0.1, 0.15) is 5.60 Å². The number of ether oxygens (including phenoxy) is 1. The number of aromatic nitrogens is 1. The van der Waals surface area contributed by atoms with Crippen molar-refractivity contribution in [2.45, 2.75) is 12.5 Å². The Balaban J connectivity index is 0.00000220. The van der Waals surface area contributed by atoms with E-state index in [0.717, 1.165) is 17.8 Å². The molecule has 21 heavy (non-hydrogen) atoms. The van der Waals surface area contributed by atoms with E-state index in [9.17, 15) is 0 Å². The Labute approximate surface area is 137 Å². The van der Waals surface area contributed by atoms with Gasteiger partial charge in [-0.25, -0.2) is 0 Å². The van der Waals surface area contributed by atoms with Gasteiger partial charge in [-0.2, -0.15) is 0 Å². The topological polar surface area (TPSA) is 25.4 Å². The van der Waals surface area contributed by atoms with Crippen LogP contribution in [-0.2, 0) is 10.3 Å². The van der Waals surface area contributed by atoms with Crippen molar-refractivity contribution in [3.8, 4) is 0 Å². The fraction of sp³-hybridized carbons (Fsp3) is 0.353. The highest BCUT2D eigenvalue weighted by Crippen LogP contribution is 2.31. The summed E-state index contributed by atoms with van der Waals surface area (Å²) in [6, 6.07) is 16.2. The van der Waals surface area contributed by atoms with Gasteiger partial charge in [-0.05, 0) is 38.7 Å². The minimum absolute atomic E-state index is 0. The zero-order chi connectivity index (χ0) is 14.4. The predicted molar refractivity (Wildman–Crippen MR) is 92.0 cm³/mol. The molecular weight excluding hydrogens is 328 g/mol. The maximum absolute atomic E-state index is 6.21. The second-order valence-corrected chi connectivity index (χ2v) is 5.27. The fourth-order valence-electron chi connectivity index (χ4n) is 2.14. The molecule has 0 radical (unpaired) electrons.